The van der Waals surface area contributed by atoms with Crippen LogP contribution in [-0.2, 0) is 6.42 Å². The summed E-state index contributed by atoms with van der Waals surface area (Å²) in [6.07, 6.45) is 1.02. The molecule has 0 unspecified atom stereocenters. The maximum Gasteiger partial charge on any atom is 0.127 e. The molecule has 0 amide bonds. The summed E-state index contributed by atoms with van der Waals surface area (Å²) in [5.41, 5.74) is 2.37. The van der Waals surface area contributed by atoms with E-state index in [0.29, 0.717) is 0 Å². The van der Waals surface area contributed by atoms with Gasteiger partial charge >= 0.3 is 0 Å². The largest absolute Gasteiger partial charge is 0.457 e. The highest BCUT2D eigenvalue weighted by Gasteiger charge is 1.98. The molecule has 0 aliphatic carbocycles. The molecule has 2 aromatic rings. The summed E-state index contributed by atoms with van der Waals surface area (Å²) in [7, 11) is 1.90. The third kappa shape index (κ3) is 3.00. The zero-order valence-electron chi connectivity index (χ0n) is 10.2. The van der Waals surface area contributed by atoms with Crippen LogP contribution >= 0.6 is 0 Å². The number of rotatable bonds is 4. The van der Waals surface area contributed by atoms with Crippen molar-refractivity contribution in [1.29, 1.82) is 0 Å². The Labute approximate surface area is 102 Å². The van der Waals surface area contributed by atoms with Crippen LogP contribution < -0.4 is 10.1 Å². The van der Waals surface area contributed by atoms with Gasteiger partial charge in [0.1, 0.15) is 11.5 Å². The molecule has 1 N–H and O–H groups in total. The second kappa shape index (κ2) is 5.39. The first-order valence-electron chi connectivity index (χ1n) is 5.86. The number of anilines is 1. The van der Waals surface area contributed by atoms with Crippen molar-refractivity contribution < 1.29 is 4.74 Å². The first-order chi connectivity index (χ1) is 8.31. The fraction of sp³-hybridized carbons (Fsp3) is 0.200. The predicted molar refractivity (Wildman–Crippen MR) is 71.9 cm³/mol. The molecule has 2 aromatic carbocycles. The normalized spacial score (nSPS) is 10.0. The SMILES string of the molecule is CCc1cccc(Oc2ccc(NC)cc2)c1. The van der Waals surface area contributed by atoms with Crippen LogP contribution in [0.25, 0.3) is 0 Å². The molecule has 0 heterocycles. The second-order valence-corrected chi connectivity index (χ2v) is 3.88. The van der Waals surface area contributed by atoms with E-state index in [-0.39, 0.29) is 0 Å². The number of benzene rings is 2. The summed E-state index contributed by atoms with van der Waals surface area (Å²) in [4.78, 5) is 0. The Hall–Kier alpha value is -1.96. The van der Waals surface area contributed by atoms with Crippen molar-refractivity contribution in [3.63, 3.8) is 0 Å². The molecule has 0 saturated heterocycles. The van der Waals surface area contributed by atoms with E-state index in [1.165, 1.54) is 5.56 Å². The molecule has 0 fully saturated rings. The first kappa shape index (κ1) is 11.5. The van der Waals surface area contributed by atoms with Gasteiger partial charge in [-0.2, -0.15) is 0 Å². The van der Waals surface area contributed by atoms with Gasteiger partial charge in [-0.1, -0.05) is 19.1 Å². The standard InChI is InChI=1S/C15H17NO/c1-3-12-5-4-6-15(11-12)17-14-9-7-13(16-2)8-10-14/h4-11,16H,3H2,1-2H3. The minimum atomic E-state index is 0.859. The topological polar surface area (TPSA) is 21.3 Å². The number of ether oxygens (including phenoxy) is 1. The van der Waals surface area contributed by atoms with Crippen LogP contribution in [-0.4, -0.2) is 7.05 Å². The van der Waals surface area contributed by atoms with E-state index < -0.39 is 0 Å². The zero-order chi connectivity index (χ0) is 12.1. The van der Waals surface area contributed by atoms with Crippen molar-refractivity contribution in [2.75, 3.05) is 12.4 Å². The van der Waals surface area contributed by atoms with E-state index in [1.807, 2.05) is 43.4 Å². The number of aryl methyl sites for hydroxylation is 1. The number of nitrogens with one attached hydrogen (secondary N) is 1. The van der Waals surface area contributed by atoms with Gasteiger partial charge in [0.05, 0.1) is 0 Å². The molecule has 2 heteroatoms. The van der Waals surface area contributed by atoms with Gasteiger partial charge in [0, 0.05) is 12.7 Å². The van der Waals surface area contributed by atoms with Crippen LogP contribution in [0, 0.1) is 0 Å². The molecule has 2 nitrogen and oxygen atoms in total. The molecule has 0 radical (unpaired) electrons. The summed E-state index contributed by atoms with van der Waals surface area (Å²) in [6.45, 7) is 2.14. The Morgan fingerprint density at radius 2 is 1.76 bits per heavy atom. The maximum absolute atomic E-state index is 5.79. The van der Waals surface area contributed by atoms with Crippen molar-refractivity contribution in [3.8, 4) is 11.5 Å². The van der Waals surface area contributed by atoms with Crippen molar-refractivity contribution >= 4 is 5.69 Å². The first-order valence-corrected chi connectivity index (χ1v) is 5.86. The van der Waals surface area contributed by atoms with Gasteiger partial charge in [-0.05, 0) is 48.4 Å². The monoisotopic (exact) mass is 227 g/mol. The smallest absolute Gasteiger partial charge is 0.127 e. The van der Waals surface area contributed by atoms with Crippen molar-refractivity contribution in [2.45, 2.75) is 13.3 Å². The second-order valence-electron chi connectivity index (χ2n) is 3.88. The van der Waals surface area contributed by atoms with E-state index in [9.17, 15) is 0 Å². The molecule has 17 heavy (non-hydrogen) atoms. The highest BCUT2D eigenvalue weighted by atomic mass is 16.5. The van der Waals surface area contributed by atoms with Crippen LogP contribution in [0.15, 0.2) is 48.5 Å². The van der Waals surface area contributed by atoms with E-state index in [4.69, 9.17) is 4.74 Å². The quantitative estimate of drug-likeness (QED) is 0.849. The predicted octanol–water partition coefficient (Wildman–Crippen LogP) is 4.08. The summed E-state index contributed by atoms with van der Waals surface area (Å²) in [6, 6.07) is 16.1. The summed E-state index contributed by atoms with van der Waals surface area (Å²) in [5.74, 6) is 1.75. The van der Waals surface area contributed by atoms with Crippen LogP contribution in [0.1, 0.15) is 12.5 Å². The molecule has 0 spiro atoms. The third-order valence-electron chi connectivity index (χ3n) is 2.69. The highest BCUT2D eigenvalue weighted by Crippen LogP contribution is 2.23. The molecule has 0 aliphatic rings. The van der Waals surface area contributed by atoms with E-state index in [0.717, 1.165) is 23.6 Å². The molecule has 0 aliphatic heterocycles. The molecule has 0 bridgehead atoms. The van der Waals surface area contributed by atoms with Crippen molar-refractivity contribution in [3.05, 3.63) is 54.1 Å². The Kier molecular flexibility index (Phi) is 3.66. The van der Waals surface area contributed by atoms with Gasteiger partial charge in [-0.25, -0.2) is 0 Å². The van der Waals surface area contributed by atoms with Crippen molar-refractivity contribution in [2.24, 2.45) is 0 Å². The minimum Gasteiger partial charge on any atom is -0.457 e. The molecule has 0 saturated carbocycles. The van der Waals surface area contributed by atoms with Gasteiger partial charge < -0.3 is 10.1 Å². The molecular formula is C15H17NO. The summed E-state index contributed by atoms with van der Waals surface area (Å²) in [5, 5.41) is 3.08. The van der Waals surface area contributed by atoms with Gasteiger partial charge in [0.15, 0.2) is 0 Å². The third-order valence-corrected chi connectivity index (χ3v) is 2.69. The molecule has 0 atom stereocenters. The summed E-state index contributed by atoms with van der Waals surface area (Å²) >= 11 is 0. The zero-order valence-corrected chi connectivity index (χ0v) is 10.2. The highest BCUT2D eigenvalue weighted by molar-refractivity contribution is 5.46. The number of hydrogen-bond acceptors (Lipinski definition) is 2. The van der Waals surface area contributed by atoms with Crippen LogP contribution in [0.3, 0.4) is 0 Å². The van der Waals surface area contributed by atoms with E-state index >= 15 is 0 Å². The lowest BCUT2D eigenvalue weighted by atomic mass is 10.2. The van der Waals surface area contributed by atoms with Gasteiger partial charge in [0.25, 0.3) is 0 Å². The van der Waals surface area contributed by atoms with E-state index in [1.54, 1.807) is 0 Å². The Balaban J connectivity index is 2.13. The fourth-order valence-electron chi connectivity index (χ4n) is 1.65. The summed E-state index contributed by atoms with van der Waals surface area (Å²) < 4.78 is 5.79. The lowest BCUT2D eigenvalue weighted by molar-refractivity contribution is 0.482. The molecule has 0 aromatic heterocycles. The average molecular weight is 227 g/mol. The van der Waals surface area contributed by atoms with Gasteiger partial charge in [0.2, 0.25) is 0 Å². The molecule has 2 rings (SSSR count). The van der Waals surface area contributed by atoms with Crippen LogP contribution in [0.2, 0.25) is 0 Å². The van der Waals surface area contributed by atoms with Gasteiger partial charge in [-0.15, -0.1) is 0 Å². The van der Waals surface area contributed by atoms with Crippen molar-refractivity contribution in [1.82, 2.24) is 0 Å². The lowest BCUT2D eigenvalue weighted by Crippen LogP contribution is -1.89. The number of hydrogen-bond donors (Lipinski definition) is 1. The molecule has 88 valence electrons. The maximum atomic E-state index is 5.79. The Morgan fingerprint density at radius 3 is 2.41 bits per heavy atom. The van der Waals surface area contributed by atoms with Crippen LogP contribution in [0.4, 0.5) is 5.69 Å². The fourth-order valence-corrected chi connectivity index (χ4v) is 1.65. The van der Waals surface area contributed by atoms with E-state index in [2.05, 4.69) is 24.4 Å². The minimum absolute atomic E-state index is 0.859. The van der Waals surface area contributed by atoms with Crippen LogP contribution in [0.5, 0.6) is 11.5 Å². The average Bonchev–Trinajstić information content (AvgIpc) is 2.40. The van der Waals surface area contributed by atoms with Gasteiger partial charge in [-0.3, -0.25) is 0 Å². The Bertz CT molecular complexity index is 477. The Morgan fingerprint density at radius 1 is 1.00 bits per heavy atom. The lowest BCUT2D eigenvalue weighted by Gasteiger charge is -2.07. The molecular weight excluding hydrogens is 210 g/mol.